The molecule has 0 radical (unpaired) electrons. The van der Waals surface area contributed by atoms with Crippen molar-refractivity contribution in [3.63, 3.8) is 0 Å². The van der Waals surface area contributed by atoms with Crippen LogP contribution in [-0.2, 0) is 21.7 Å². The van der Waals surface area contributed by atoms with E-state index in [-0.39, 0.29) is 33.9 Å². The Bertz CT molecular complexity index is 4580. The van der Waals surface area contributed by atoms with Crippen LogP contribution in [0.4, 0.5) is 45.5 Å². The van der Waals surface area contributed by atoms with Gasteiger partial charge >= 0.3 is 0 Å². The Kier molecular flexibility index (Phi) is 12.2. The van der Waals surface area contributed by atoms with E-state index in [1.54, 1.807) is 0 Å². The molecule has 88 heavy (non-hydrogen) atoms. The van der Waals surface area contributed by atoms with E-state index in [0.717, 1.165) is 18.5 Å². The van der Waals surface area contributed by atoms with Gasteiger partial charge in [0.2, 0.25) is 0 Å². The van der Waals surface area contributed by atoms with Crippen molar-refractivity contribution in [1.82, 2.24) is 0 Å². The molecule has 0 spiro atoms. The van der Waals surface area contributed by atoms with Crippen LogP contribution >= 0.6 is 0 Å². The summed E-state index contributed by atoms with van der Waals surface area (Å²) in [6.45, 7) is 22.0. The minimum atomic E-state index is -0.292. The summed E-state index contributed by atoms with van der Waals surface area (Å²) in [4.78, 5) is 8.21. The summed E-state index contributed by atoms with van der Waals surface area (Å²) in [5.41, 5.74) is 30.9. The summed E-state index contributed by atoms with van der Waals surface area (Å²) in [6.07, 6.45) is 4.60. The number of hydrogen-bond acceptors (Lipinski definition) is 3. The van der Waals surface area contributed by atoms with Gasteiger partial charge < -0.3 is 14.7 Å². The zero-order valence-corrected chi connectivity index (χ0v) is 52.4. The zero-order valence-electron chi connectivity index (χ0n) is 52.4. The standard InChI is InChI=1S/C84H76BN3/c1-80(2,3)62-40-45-73(65(50-62)59-32-20-13-21-33-59)87-76-54-69-68(81(4,5)66-34-22-23-35-67(66)82(69,6)7)53-72(76)85-71-49-61(57-30-18-12-19-31-57)39-44-75(71)86(63-41-36-58(37-42-63)55-26-14-10-15-27-55)77-51-64(52-78(87)79(77)85)88-74-43-38-60(56-28-16-11-17-29-56)48-70(74)83(8)46-24-25-47-84(83,88)9/h10-23,26-45,48-54H,24-25,46-47H2,1-9H3. The van der Waals surface area contributed by atoms with Crippen LogP contribution in [0.25, 0.3) is 44.5 Å². The molecule has 3 heterocycles. The fourth-order valence-electron chi connectivity index (χ4n) is 16.8. The molecule has 3 aliphatic heterocycles. The minimum Gasteiger partial charge on any atom is -0.334 e. The van der Waals surface area contributed by atoms with Gasteiger partial charge in [-0.3, -0.25) is 0 Å². The molecule has 0 bridgehead atoms. The number of anilines is 8. The van der Waals surface area contributed by atoms with Crippen molar-refractivity contribution < 1.29 is 0 Å². The molecule has 1 saturated carbocycles. The van der Waals surface area contributed by atoms with E-state index in [9.17, 15) is 0 Å². The highest BCUT2D eigenvalue weighted by Crippen LogP contribution is 2.63. The third-order valence-electron chi connectivity index (χ3n) is 21.8. The Balaban J connectivity index is 1.05. The highest BCUT2D eigenvalue weighted by atomic mass is 15.3. The molecule has 11 aromatic rings. The van der Waals surface area contributed by atoms with E-state index in [1.807, 2.05) is 0 Å². The van der Waals surface area contributed by atoms with Gasteiger partial charge in [0.25, 0.3) is 6.71 Å². The Hall–Kier alpha value is -9.12. The quantitative estimate of drug-likeness (QED) is 0.147. The predicted octanol–water partition coefficient (Wildman–Crippen LogP) is 20.4. The number of rotatable bonds is 7. The smallest absolute Gasteiger partial charge is 0.252 e. The highest BCUT2D eigenvalue weighted by molar-refractivity contribution is 7.00. The van der Waals surface area contributed by atoms with Crippen LogP contribution in [-0.4, -0.2) is 12.3 Å². The largest absolute Gasteiger partial charge is 0.334 e. The molecule has 2 aliphatic carbocycles. The third-order valence-corrected chi connectivity index (χ3v) is 21.8. The van der Waals surface area contributed by atoms with Gasteiger partial charge in [0.15, 0.2) is 0 Å². The van der Waals surface area contributed by atoms with Crippen molar-refractivity contribution in [2.24, 2.45) is 0 Å². The molecule has 0 saturated heterocycles. The normalized spacial score (nSPS) is 19.0. The van der Waals surface area contributed by atoms with Gasteiger partial charge in [-0.1, -0.05) is 256 Å². The van der Waals surface area contributed by atoms with Gasteiger partial charge in [0.1, 0.15) is 0 Å². The van der Waals surface area contributed by atoms with E-state index >= 15 is 0 Å². The van der Waals surface area contributed by atoms with Crippen molar-refractivity contribution in [2.75, 3.05) is 14.7 Å². The van der Waals surface area contributed by atoms with Crippen molar-refractivity contribution in [2.45, 2.75) is 115 Å². The lowest BCUT2D eigenvalue weighted by molar-refractivity contribution is 0.195. The molecule has 16 rings (SSSR count). The van der Waals surface area contributed by atoms with E-state index in [0.29, 0.717) is 0 Å². The molecule has 4 heteroatoms. The lowest BCUT2D eigenvalue weighted by Gasteiger charge is -2.51. The molecule has 1 fully saturated rings. The third kappa shape index (κ3) is 8.02. The first-order valence-electron chi connectivity index (χ1n) is 32.2. The monoisotopic (exact) mass is 1140 g/mol. The van der Waals surface area contributed by atoms with Crippen LogP contribution in [0.2, 0.25) is 0 Å². The van der Waals surface area contributed by atoms with Gasteiger partial charge in [0, 0.05) is 61.6 Å². The van der Waals surface area contributed by atoms with E-state index in [2.05, 4.69) is 326 Å². The number of hydrogen-bond donors (Lipinski definition) is 0. The Morgan fingerprint density at radius 3 is 1.42 bits per heavy atom. The van der Waals surface area contributed by atoms with Crippen LogP contribution in [0.3, 0.4) is 0 Å². The average molecular weight is 1140 g/mol. The lowest BCUT2D eigenvalue weighted by Crippen LogP contribution is -2.62. The van der Waals surface area contributed by atoms with Crippen LogP contribution < -0.4 is 31.1 Å². The second-order valence-electron chi connectivity index (χ2n) is 28.4. The fourth-order valence-corrected chi connectivity index (χ4v) is 16.8. The van der Waals surface area contributed by atoms with Gasteiger partial charge in [-0.05, 0) is 175 Å². The molecule has 11 aromatic carbocycles. The maximum absolute atomic E-state index is 2.83. The molecule has 2 unspecified atom stereocenters. The summed E-state index contributed by atoms with van der Waals surface area (Å²) < 4.78 is 0. The molecular weight excluding hydrogens is 1060 g/mol. The first-order valence-corrected chi connectivity index (χ1v) is 32.2. The molecule has 2 atom stereocenters. The summed E-state index contributed by atoms with van der Waals surface area (Å²) in [7, 11) is 0. The number of fused-ring (bicyclic) bond motifs is 9. The van der Waals surface area contributed by atoms with Gasteiger partial charge in [-0.2, -0.15) is 0 Å². The average Bonchev–Trinajstić information content (AvgIpc) is 1.09. The predicted molar refractivity (Wildman–Crippen MR) is 374 cm³/mol. The molecule has 5 aliphatic rings. The Morgan fingerprint density at radius 2 is 0.818 bits per heavy atom. The Morgan fingerprint density at radius 1 is 0.341 bits per heavy atom. The second kappa shape index (κ2) is 19.7. The van der Waals surface area contributed by atoms with Crippen LogP contribution in [0.5, 0.6) is 0 Å². The minimum absolute atomic E-state index is 0.0868. The second-order valence-corrected chi connectivity index (χ2v) is 28.4. The maximum atomic E-state index is 2.83. The van der Waals surface area contributed by atoms with Crippen LogP contribution in [0.1, 0.15) is 121 Å². The number of nitrogens with zero attached hydrogens (tertiary/aromatic N) is 3. The first-order chi connectivity index (χ1) is 42.5. The fraction of sp³-hybridized carbons (Fsp3) is 0.214. The van der Waals surface area contributed by atoms with Crippen LogP contribution in [0, 0.1) is 0 Å². The van der Waals surface area contributed by atoms with E-state index < -0.39 is 0 Å². The molecule has 3 nitrogen and oxygen atoms in total. The topological polar surface area (TPSA) is 9.72 Å². The SMILES string of the molecule is CC(C)(C)c1ccc(N2c3cc4c(cc3B3c5cc(-c6ccccc6)ccc5N(c5ccc(-c6ccccc6)cc5)c5cc(N6c7ccc(-c8ccccc8)cc7C7(C)CCCCC67C)cc2c53)C(C)(C)c2ccccc2C4(C)C)c(-c2ccccc2)c1. The number of benzene rings is 11. The Labute approximate surface area is 522 Å². The van der Waals surface area contributed by atoms with Gasteiger partial charge in [-0.25, -0.2) is 0 Å². The molecule has 0 amide bonds. The van der Waals surface area contributed by atoms with Crippen molar-refractivity contribution in [3.8, 4) is 44.5 Å². The van der Waals surface area contributed by atoms with Gasteiger partial charge in [0.05, 0.1) is 11.2 Å². The first kappa shape index (κ1) is 54.3. The molecule has 0 aromatic heterocycles. The van der Waals surface area contributed by atoms with E-state index in [1.165, 1.54) is 147 Å². The molecular formula is C84H76BN3. The summed E-state index contributed by atoms with van der Waals surface area (Å²) in [5.74, 6) is 0. The molecule has 0 N–H and O–H groups in total. The van der Waals surface area contributed by atoms with Gasteiger partial charge in [-0.15, -0.1) is 0 Å². The highest BCUT2D eigenvalue weighted by Gasteiger charge is 2.58. The summed E-state index contributed by atoms with van der Waals surface area (Å²) >= 11 is 0. The zero-order chi connectivity index (χ0) is 60.1. The summed E-state index contributed by atoms with van der Waals surface area (Å²) in [6, 6.07) is 95.6. The van der Waals surface area contributed by atoms with Crippen molar-refractivity contribution in [1.29, 1.82) is 0 Å². The summed E-state index contributed by atoms with van der Waals surface area (Å²) in [5, 5.41) is 0. The van der Waals surface area contributed by atoms with E-state index in [4.69, 9.17) is 0 Å². The lowest BCUT2D eigenvalue weighted by atomic mass is 9.33. The maximum Gasteiger partial charge on any atom is 0.252 e. The van der Waals surface area contributed by atoms with Crippen LogP contribution in [0.15, 0.2) is 249 Å². The van der Waals surface area contributed by atoms with Crippen molar-refractivity contribution >= 4 is 68.6 Å². The van der Waals surface area contributed by atoms with Crippen molar-refractivity contribution in [3.05, 3.63) is 282 Å². The molecule has 430 valence electrons.